The van der Waals surface area contributed by atoms with Crippen LogP contribution in [0.15, 0.2) is 46.1 Å². The zero-order chi connectivity index (χ0) is 18.1. The van der Waals surface area contributed by atoms with Crippen molar-refractivity contribution in [3.05, 3.63) is 52.5 Å². The first-order valence-electron chi connectivity index (χ1n) is 8.81. The fourth-order valence-corrected chi connectivity index (χ4v) is 2.89. The molecule has 0 fully saturated rings. The quantitative estimate of drug-likeness (QED) is 0.236. The van der Waals surface area contributed by atoms with Crippen LogP contribution in [-0.2, 0) is 13.1 Å². The average Bonchev–Trinajstić information content (AvgIpc) is 3.00. The summed E-state index contributed by atoms with van der Waals surface area (Å²) in [5.41, 5.74) is 1.27. The number of aryl methyl sites for hydroxylation is 2. The van der Waals surface area contributed by atoms with E-state index in [4.69, 9.17) is 4.99 Å². The van der Waals surface area contributed by atoms with Gasteiger partial charge in [-0.05, 0) is 44.4 Å². The summed E-state index contributed by atoms with van der Waals surface area (Å²) < 4.78 is 3.29. The number of hydrogen-bond donors (Lipinski definition) is 1. The largest absolute Gasteiger partial charge is 0.357 e. The standard InChI is InChI=1S/C19H28BrN5.HI/c1-4-21-19(24(3)15-17-7-9-18(20)10-8-17)23-11-5-6-13-25-14-12-22-16(25)2;/h7-10,12,14H,4-6,11,13,15H2,1-3H3,(H,21,23);1H. The van der Waals surface area contributed by atoms with Crippen LogP contribution in [0.4, 0.5) is 0 Å². The minimum Gasteiger partial charge on any atom is -0.357 e. The maximum Gasteiger partial charge on any atom is 0.193 e. The summed E-state index contributed by atoms with van der Waals surface area (Å²) in [5, 5.41) is 3.38. The van der Waals surface area contributed by atoms with Crippen molar-refractivity contribution in [3.63, 3.8) is 0 Å². The number of unbranched alkanes of at least 4 members (excludes halogenated alkanes) is 1. The first kappa shape index (κ1) is 23.0. The smallest absolute Gasteiger partial charge is 0.193 e. The molecule has 0 saturated carbocycles. The van der Waals surface area contributed by atoms with E-state index >= 15 is 0 Å². The van der Waals surface area contributed by atoms with Gasteiger partial charge < -0.3 is 14.8 Å². The van der Waals surface area contributed by atoms with Gasteiger partial charge in [0.25, 0.3) is 0 Å². The van der Waals surface area contributed by atoms with Gasteiger partial charge >= 0.3 is 0 Å². The van der Waals surface area contributed by atoms with Crippen LogP contribution in [0.2, 0.25) is 0 Å². The van der Waals surface area contributed by atoms with E-state index in [1.807, 2.05) is 19.3 Å². The zero-order valence-corrected chi connectivity index (χ0v) is 19.7. The lowest BCUT2D eigenvalue weighted by Gasteiger charge is -2.22. The molecule has 0 amide bonds. The van der Waals surface area contributed by atoms with Crippen molar-refractivity contribution >= 4 is 45.9 Å². The van der Waals surface area contributed by atoms with Crippen molar-refractivity contribution in [2.45, 2.75) is 39.8 Å². The Balaban J connectivity index is 0.00000338. The second-order valence-electron chi connectivity index (χ2n) is 6.09. The van der Waals surface area contributed by atoms with E-state index in [2.05, 4.69) is 73.9 Å². The molecule has 1 aromatic carbocycles. The number of rotatable bonds is 8. The van der Waals surface area contributed by atoms with E-state index in [1.165, 1.54) is 5.56 Å². The molecule has 1 heterocycles. The van der Waals surface area contributed by atoms with Gasteiger partial charge in [0.2, 0.25) is 0 Å². The van der Waals surface area contributed by atoms with Crippen molar-refractivity contribution < 1.29 is 0 Å². The summed E-state index contributed by atoms with van der Waals surface area (Å²) in [6, 6.07) is 8.42. The number of imidazole rings is 1. The zero-order valence-electron chi connectivity index (χ0n) is 15.8. The van der Waals surface area contributed by atoms with Crippen LogP contribution in [0.5, 0.6) is 0 Å². The van der Waals surface area contributed by atoms with Gasteiger partial charge in [-0.2, -0.15) is 0 Å². The SMILES string of the molecule is CCNC(=NCCCCn1ccnc1C)N(C)Cc1ccc(Br)cc1.I. The normalized spacial score (nSPS) is 11.2. The van der Waals surface area contributed by atoms with Gasteiger partial charge in [0.15, 0.2) is 5.96 Å². The Hall–Kier alpha value is -1.09. The number of aromatic nitrogens is 2. The van der Waals surface area contributed by atoms with Crippen LogP contribution < -0.4 is 5.32 Å². The summed E-state index contributed by atoms with van der Waals surface area (Å²) in [4.78, 5) is 11.2. The summed E-state index contributed by atoms with van der Waals surface area (Å²) in [5.74, 6) is 2.04. The molecule has 0 saturated heterocycles. The van der Waals surface area contributed by atoms with Crippen LogP contribution in [0.25, 0.3) is 0 Å². The molecule has 0 aliphatic heterocycles. The monoisotopic (exact) mass is 533 g/mol. The number of guanidine groups is 1. The molecule has 0 atom stereocenters. The fourth-order valence-electron chi connectivity index (χ4n) is 2.63. The number of benzene rings is 1. The summed E-state index contributed by atoms with van der Waals surface area (Å²) >= 11 is 3.48. The highest BCUT2D eigenvalue weighted by Gasteiger charge is 2.06. The minimum atomic E-state index is 0. The van der Waals surface area contributed by atoms with E-state index in [0.717, 1.165) is 55.3 Å². The number of halogens is 2. The molecule has 2 aromatic rings. The first-order valence-corrected chi connectivity index (χ1v) is 9.61. The first-order chi connectivity index (χ1) is 12.1. The molecule has 5 nitrogen and oxygen atoms in total. The molecule has 0 aliphatic carbocycles. The van der Waals surface area contributed by atoms with E-state index in [1.54, 1.807) is 0 Å². The van der Waals surface area contributed by atoms with Crippen molar-refractivity contribution in [1.82, 2.24) is 19.8 Å². The van der Waals surface area contributed by atoms with Crippen molar-refractivity contribution in [2.75, 3.05) is 20.1 Å². The molecule has 0 radical (unpaired) electrons. The van der Waals surface area contributed by atoms with Gasteiger partial charge in [0, 0.05) is 50.1 Å². The maximum absolute atomic E-state index is 4.77. The number of nitrogens with zero attached hydrogens (tertiary/aromatic N) is 4. The van der Waals surface area contributed by atoms with E-state index in [-0.39, 0.29) is 24.0 Å². The Kier molecular flexibility index (Phi) is 10.9. The molecule has 0 aliphatic rings. The van der Waals surface area contributed by atoms with E-state index < -0.39 is 0 Å². The van der Waals surface area contributed by atoms with Crippen LogP contribution in [-0.4, -0.2) is 40.5 Å². The lowest BCUT2D eigenvalue weighted by atomic mass is 10.2. The number of hydrogen-bond acceptors (Lipinski definition) is 2. The average molecular weight is 534 g/mol. The topological polar surface area (TPSA) is 45.5 Å². The lowest BCUT2D eigenvalue weighted by Crippen LogP contribution is -2.38. The molecule has 144 valence electrons. The maximum atomic E-state index is 4.77. The predicted octanol–water partition coefficient (Wildman–Crippen LogP) is 4.45. The van der Waals surface area contributed by atoms with Gasteiger partial charge in [0.1, 0.15) is 5.82 Å². The lowest BCUT2D eigenvalue weighted by molar-refractivity contribution is 0.475. The predicted molar refractivity (Wildman–Crippen MR) is 123 cm³/mol. The molecule has 0 unspecified atom stereocenters. The molecule has 26 heavy (non-hydrogen) atoms. The molecule has 1 N–H and O–H groups in total. The Morgan fingerprint density at radius 2 is 2.00 bits per heavy atom. The van der Waals surface area contributed by atoms with Gasteiger partial charge in [-0.1, -0.05) is 28.1 Å². The molecule has 7 heteroatoms. The van der Waals surface area contributed by atoms with E-state index in [9.17, 15) is 0 Å². The highest BCUT2D eigenvalue weighted by Crippen LogP contribution is 2.12. The van der Waals surface area contributed by atoms with Crippen LogP contribution >= 0.6 is 39.9 Å². The molecular formula is C19H29BrIN5. The van der Waals surface area contributed by atoms with Crippen LogP contribution in [0.1, 0.15) is 31.2 Å². The van der Waals surface area contributed by atoms with Crippen molar-refractivity contribution in [3.8, 4) is 0 Å². The summed E-state index contributed by atoms with van der Waals surface area (Å²) in [7, 11) is 2.08. The highest BCUT2D eigenvalue weighted by molar-refractivity contribution is 14.0. The Morgan fingerprint density at radius 1 is 1.27 bits per heavy atom. The van der Waals surface area contributed by atoms with Gasteiger partial charge in [-0.25, -0.2) is 4.98 Å². The minimum absolute atomic E-state index is 0. The van der Waals surface area contributed by atoms with E-state index in [0.29, 0.717) is 0 Å². The third-order valence-electron chi connectivity index (χ3n) is 4.02. The second kappa shape index (κ2) is 12.3. The third-order valence-corrected chi connectivity index (χ3v) is 4.55. The Bertz CT molecular complexity index is 669. The summed E-state index contributed by atoms with van der Waals surface area (Å²) in [6.07, 6.45) is 6.07. The molecule has 1 aromatic heterocycles. The molecular weight excluding hydrogens is 505 g/mol. The highest BCUT2D eigenvalue weighted by atomic mass is 127. The molecule has 2 rings (SSSR count). The molecule has 0 bridgehead atoms. The Labute approximate surface area is 182 Å². The molecule has 0 spiro atoms. The van der Waals surface area contributed by atoms with Crippen molar-refractivity contribution in [1.29, 1.82) is 0 Å². The fraction of sp³-hybridized carbons (Fsp3) is 0.474. The summed E-state index contributed by atoms with van der Waals surface area (Å²) in [6.45, 7) is 7.70. The van der Waals surface area contributed by atoms with Crippen LogP contribution in [0, 0.1) is 6.92 Å². The Morgan fingerprint density at radius 3 is 2.62 bits per heavy atom. The third kappa shape index (κ3) is 7.65. The number of aliphatic imine (C=N–C) groups is 1. The second-order valence-corrected chi connectivity index (χ2v) is 7.01. The van der Waals surface area contributed by atoms with Gasteiger partial charge in [-0.15, -0.1) is 24.0 Å². The van der Waals surface area contributed by atoms with Crippen molar-refractivity contribution in [2.24, 2.45) is 4.99 Å². The number of nitrogens with one attached hydrogen (secondary N) is 1. The van der Waals surface area contributed by atoms with Gasteiger partial charge in [0.05, 0.1) is 0 Å². The van der Waals surface area contributed by atoms with Gasteiger partial charge in [-0.3, -0.25) is 4.99 Å². The van der Waals surface area contributed by atoms with Crippen LogP contribution in [0.3, 0.4) is 0 Å².